The molecule has 1 unspecified atom stereocenters. The second kappa shape index (κ2) is 6.14. The van der Waals surface area contributed by atoms with E-state index in [0.29, 0.717) is 24.8 Å². The molecule has 0 heterocycles. The molecular weight excluding hydrogens is 222 g/mol. The summed E-state index contributed by atoms with van der Waals surface area (Å²) in [4.78, 5) is 12.4. The van der Waals surface area contributed by atoms with E-state index in [0.717, 1.165) is 12.0 Å². The molecule has 1 saturated carbocycles. The molecule has 0 saturated heterocycles. The summed E-state index contributed by atoms with van der Waals surface area (Å²) in [5.41, 5.74) is 7.90. The van der Waals surface area contributed by atoms with Gasteiger partial charge in [0.1, 0.15) is 0 Å². The molecule has 0 radical (unpaired) electrons. The molecule has 1 aromatic carbocycles. The van der Waals surface area contributed by atoms with Gasteiger partial charge in [-0.25, -0.2) is 0 Å². The fourth-order valence-electron chi connectivity index (χ4n) is 2.59. The summed E-state index contributed by atoms with van der Waals surface area (Å²) in [6, 6.07) is 8.13. The van der Waals surface area contributed by atoms with Gasteiger partial charge in [0.25, 0.3) is 0 Å². The molecule has 0 amide bonds. The maximum atomic E-state index is 12.4. The third-order valence-corrected chi connectivity index (χ3v) is 4.19. The predicted molar refractivity (Wildman–Crippen MR) is 74.8 cm³/mol. The second-order valence-electron chi connectivity index (χ2n) is 5.35. The van der Waals surface area contributed by atoms with Crippen LogP contribution in [0.4, 0.5) is 0 Å². The van der Waals surface area contributed by atoms with Crippen molar-refractivity contribution >= 4 is 5.78 Å². The van der Waals surface area contributed by atoms with E-state index < -0.39 is 0 Å². The van der Waals surface area contributed by atoms with Crippen molar-refractivity contribution in [3.05, 3.63) is 35.4 Å². The Balaban J connectivity index is 2.14. The van der Waals surface area contributed by atoms with Gasteiger partial charge in [-0.05, 0) is 36.8 Å². The fourth-order valence-corrected chi connectivity index (χ4v) is 2.59. The normalized spacial score (nSPS) is 17.2. The van der Waals surface area contributed by atoms with Crippen LogP contribution in [-0.2, 0) is 0 Å². The van der Waals surface area contributed by atoms with Gasteiger partial charge in [-0.1, -0.05) is 44.0 Å². The number of carbonyl (C=O) groups excluding carboxylic acids is 1. The van der Waals surface area contributed by atoms with E-state index in [1.54, 1.807) is 0 Å². The Hall–Kier alpha value is -1.15. The average Bonchev–Trinajstić information content (AvgIpc) is 2.34. The van der Waals surface area contributed by atoms with Crippen molar-refractivity contribution in [3.8, 4) is 0 Å². The van der Waals surface area contributed by atoms with E-state index in [1.165, 1.54) is 24.8 Å². The van der Waals surface area contributed by atoms with Gasteiger partial charge in [0.15, 0.2) is 5.78 Å². The Bertz CT molecular complexity index is 405. The molecule has 0 aliphatic heterocycles. The van der Waals surface area contributed by atoms with Crippen LogP contribution in [0.5, 0.6) is 0 Å². The first kappa shape index (κ1) is 13.3. The lowest BCUT2D eigenvalue weighted by Gasteiger charge is -2.27. The van der Waals surface area contributed by atoms with E-state index in [-0.39, 0.29) is 5.78 Å². The topological polar surface area (TPSA) is 43.1 Å². The average molecular weight is 245 g/mol. The number of benzene rings is 1. The number of ketones is 1. The first-order valence-electron chi connectivity index (χ1n) is 7.08. The van der Waals surface area contributed by atoms with Crippen molar-refractivity contribution in [1.29, 1.82) is 0 Å². The minimum Gasteiger partial charge on any atom is -0.330 e. The summed E-state index contributed by atoms with van der Waals surface area (Å²) in [6.07, 6.45) is 5.34. The SMILES string of the molecule is CCC(CN)CC(=O)c1ccccc1C1CCC1. The van der Waals surface area contributed by atoms with Crippen LogP contribution in [0.25, 0.3) is 0 Å². The summed E-state index contributed by atoms with van der Waals surface area (Å²) in [5, 5.41) is 0. The van der Waals surface area contributed by atoms with E-state index in [4.69, 9.17) is 5.73 Å². The maximum absolute atomic E-state index is 12.4. The molecule has 0 aromatic heterocycles. The van der Waals surface area contributed by atoms with Crippen LogP contribution < -0.4 is 5.73 Å². The van der Waals surface area contributed by atoms with Gasteiger partial charge >= 0.3 is 0 Å². The number of nitrogens with two attached hydrogens (primary N) is 1. The summed E-state index contributed by atoms with van der Waals surface area (Å²) >= 11 is 0. The standard InChI is InChI=1S/C16H23NO/c1-2-12(11-17)10-16(18)15-9-4-3-8-14(15)13-6-5-7-13/h3-4,8-9,12-13H,2,5-7,10-11,17H2,1H3. The lowest BCUT2D eigenvalue weighted by molar-refractivity contribution is 0.0959. The van der Waals surface area contributed by atoms with Gasteiger partial charge in [-0.2, -0.15) is 0 Å². The van der Waals surface area contributed by atoms with Gasteiger partial charge in [0.2, 0.25) is 0 Å². The van der Waals surface area contributed by atoms with Crippen LogP contribution in [0, 0.1) is 5.92 Å². The lowest BCUT2D eigenvalue weighted by atomic mass is 9.77. The molecule has 2 heteroatoms. The Labute approximate surface area is 110 Å². The first-order valence-corrected chi connectivity index (χ1v) is 7.08. The maximum Gasteiger partial charge on any atom is 0.163 e. The zero-order chi connectivity index (χ0) is 13.0. The van der Waals surface area contributed by atoms with Crippen molar-refractivity contribution < 1.29 is 4.79 Å². The van der Waals surface area contributed by atoms with Crippen molar-refractivity contribution in [2.75, 3.05) is 6.54 Å². The molecule has 2 nitrogen and oxygen atoms in total. The Morgan fingerprint density at radius 2 is 2.11 bits per heavy atom. The second-order valence-corrected chi connectivity index (χ2v) is 5.35. The Morgan fingerprint density at radius 1 is 1.39 bits per heavy atom. The Kier molecular flexibility index (Phi) is 4.54. The molecule has 0 bridgehead atoms. The van der Waals surface area contributed by atoms with Crippen molar-refractivity contribution in [3.63, 3.8) is 0 Å². The molecule has 2 N–H and O–H groups in total. The molecule has 98 valence electrons. The van der Waals surface area contributed by atoms with Crippen LogP contribution in [0.2, 0.25) is 0 Å². The highest BCUT2D eigenvalue weighted by atomic mass is 16.1. The minimum absolute atomic E-state index is 0.273. The highest BCUT2D eigenvalue weighted by Crippen LogP contribution is 2.38. The molecular formula is C16H23NO. The highest BCUT2D eigenvalue weighted by Gasteiger charge is 2.24. The van der Waals surface area contributed by atoms with E-state index in [1.807, 2.05) is 18.2 Å². The zero-order valence-corrected chi connectivity index (χ0v) is 11.2. The third kappa shape index (κ3) is 2.81. The predicted octanol–water partition coefficient (Wildman–Crippen LogP) is 3.51. The van der Waals surface area contributed by atoms with Gasteiger partial charge in [0, 0.05) is 12.0 Å². The van der Waals surface area contributed by atoms with E-state index in [2.05, 4.69) is 13.0 Å². The van der Waals surface area contributed by atoms with Crippen LogP contribution in [-0.4, -0.2) is 12.3 Å². The zero-order valence-electron chi connectivity index (χ0n) is 11.2. The minimum atomic E-state index is 0.273. The number of hydrogen-bond donors (Lipinski definition) is 1. The summed E-state index contributed by atoms with van der Waals surface area (Å²) in [7, 11) is 0. The van der Waals surface area contributed by atoms with Crippen LogP contribution in [0.15, 0.2) is 24.3 Å². The molecule has 1 aliphatic rings. The van der Waals surface area contributed by atoms with Gasteiger partial charge in [0.05, 0.1) is 0 Å². The van der Waals surface area contributed by atoms with Crippen molar-refractivity contribution in [1.82, 2.24) is 0 Å². The quantitative estimate of drug-likeness (QED) is 0.779. The van der Waals surface area contributed by atoms with E-state index in [9.17, 15) is 4.79 Å². The monoisotopic (exact) mass is 245 g/mol. The van der Waals surface area contributed by atoms with Crippen LogP contribution in [0.3, 0.4) is 0 Å². The summed E-state index contributed by atoms with van der Waals surface area (Å²) < 4.78 is 0. The molecule has 1 fully saturated rings. The molecule has 2 rings (SSSR count). The largest absolute Gasteiger partial charge is 0.330 e. The number of carbonyl (C=O) groups is 1. The lowest BCUT2D eigenvalue weighted by Crippen LogP contribution is -2.19. The van der Waals surface area contributed by atoms with Crippen molar-refractivity contribution in [2.24, 2.45) is 11.7 Å². The first-order chi connectivity index (χ1) is 8.76. The van der Waals surface area contributed by atoms with Gasteiger partial charge < -0.3 is 5.73 Å². The number of hydrogen-bond acceptors (Lipinski definition) is 2. The third-order valence-electron chi connectivity index (χ3n) is 4.19. The number of rotatable bonds is 6. The molecule has 1 aromatic rings. The van der Waals surface area contributed by atoms with Crippen molar-refractivity contribution in [2.45, 2.75) is 44.9 Å². The molecule has 1 aliphatic carbocycles. The summed E-state index contributed by atoms with van der Waals surface area (Å²) in [5.74, 6) is 1.21. The Morgan fingerprint density at radius 3 is 2.67 bits per heavy atom. The highest BCUT2D eigenvalue weighted by molar-refractivity contribution is 5.97. The molecule has 1 atom stereocenters. The smallest absolute Gasteiger partial charge is 0.163 e. The van der Waals surface area contributed by atoms with Gasteiger partial charge in [-0.3, -0.25) is 4.79 Å². The van der Waals surface area contributed by atoms with Crippen LogP contribution in [0.1, 0.15) is 60.9 Å². The van der Waals surface area contributed by atoms with Gasteiger partial charge in [-0.15, -0.1) is 0 Å². The van der Waals surface area contributed by atoms with Crippen LogP contribution >= 0.6 is 0 Å². The van der Waals surface area contributed by atoms with E-state index >= 15 is 0 Å². The number of Topliss-reactive ketones (excluding diaryl/α,β-unsaturated/α-hetero) is 1. The molecule has 18 heavy (non-hydrogen) atoms. The fraction of sp³-hybridized carbons (Fsp3) is 0.562. The summed E-state index contributed by atoms with van der Waals surface area (Å²) in [6.45, 7) is 2.70. The molecule has 0 spiro atoms.